The summed E-state index contributed by atoms with van der Waals surface area (Å²) in [7, 11) is -7.29. The summed E-state index contributed by atoms with van der Waals surface area (Å²) in [4.78, 5) is 14.7. The van der Waals surface area contributed by atoms with Gasteiger partial charge in [0.2, 0.25) is 20.0 Å². The van der Waals surface area contributed by atoms with E-state index in [0.717, 1.165) is 12.1 Å². The van der Waals surface area contributed by atoms with Crippen LogP contribution in [0.1, 0.15) is 10.4 Å². The van der Waals surface area contributed by atoms with Crippen LogP contribution in [0.25, 0.3) is 0 Å². The fraction of sp³-hybridized carbons (Fsp3) is 0.435. The van der Waals surface area contributed by atoms with E-state index in [9.17, 15) is 26.0 Å². The fourth-order valence-electron chi connectivity index (χ4n) is 4.09. The third kappa shape index (κ3) is 6.10. The van der Waals surface area contributed by atoms with Crippen molar-refractivity contribution in [3.05, 3.63) is 59.9 Å². The van der Waals surface area contributed by atoms with Crippen molar-refractivity contribution in [2.45, 2.75) is 9.79 Å². The minimum atomic E-state index is -3.68. The molecule has 0 spiro atoms. The molecule has 0 aliphatic carbocycles. The molecule has 0 aromatic heterocycles. The van der Waals surface area contributed by atoms with E-state index in [4.69, 9.17) is 4.74 Å². The largest absolute Gasteiger partial charge is 0.379 e. The van der Waals surface area contributed by atoms with Crippen LogP contribution in [0.3, 0.4) is 0 Å². The number of nitrogens with one attached hydrogen (secondary N) is 1. The Labute approximate surface area is 210 Å². The molecule has 2 aromatic carbocycles. The quantitative estimate of drug-likeness (QED) is 0.521. The van der Waals surface area contributed by atoms with Gasteiger partial charge in [-0.3, -0.25) is 9.69 Å². The molecule has 2 aliphatic heterocycles. The van der Waals surface area contributed by atoms with Gasteiger partial charge in [0.15, 0.2) is 0 Å². The molecule has 2 heterocycles. The number of carbonyl (C=O) groups is 1. The van der Waals surface area contributed by atoms with Gasteiger partial charge in [0.1, 0.15) is 5.82 Å². The Kier molecular flexibility index (Phi) is 8.37. The molecule has 1 N–H and O–H groups in total. The predicted molar refractivity (Wildman–Crippen MR) is 130 cm³/mol. The van der Waals surface area contributed by atoms with Gasteiger partial charge in [-0.05, 0) is 48.5 Å². The first kappa shape index (κ1) is 26.6. The number of rotatable bonds is 8. The molecule has 0 atom stereocenters. The Bertz CT molecular complexity index is 1260. The van der Waals surface area contributed by atoms with Gasteiger partial charge < -0.3 is 10.1 Å². The Balaban J connectivity index is 1.23. The predicted octanol–water partition coefficient (Wildman–Crippen LogP) is 0.583. The van der Waals surface area contributed by atoms with Crippen LogP contribution >= 0.6 is 0 Å². The van der Waals surface area contributed by atoms with Gasteiger partial charge in [-0.1, -0.05) is 0 Å². The van der Waals surface area contributed by atoms with Gasteiger partial charge in [0.05, 0.1) is 23.0 Å². The summed E-state index contributed by atoms with van der Waals surface area (Å²) in [5.41, 5.74) is 0.353. The highest BCUT2D eigenvalue weighted by atomic mass is 32.2. The van der Waals surface area contributed by atoms with E-state index >= 15 is 0 Å². The maximum absolute atomic E-state index is 13.1. The van der Waals surface area contributed by atoms with E-state index in [2.05, 4.69) is 10.2 Å². The number of hydrogen-bond acceptors (Lipinski definition) is 7. The first-order valence-electron chi connectivity index (χ1n) is 11.6. The van der Waals surface area contributed by atoms with Crippen LogP contribution in [0.5, 0.6) is 0 Å². The van der Waals surface area contributed by atoms with Gasteiger partial charge in [0, 0.05) is 57.9 Å². The second-order valence-corrected chi connectivity index (χ2v) is 12.4. The molecule has 2 fully saturated rings. The van der Waals surface area contributed by atoms with E-state index in [1.54, 1.807) is 0 Å². The highest BCUT2D eigenvalue weighted by Gasteiger charge is 2.29. The lowest BCUT2D eigenvalue weighted by Gasteiger charge is -2.33. The summed E-state index contributed by atoms with van der Waals surface area (Å²) in [6.07, 6.45) is 0. The van der Waals surface area contributed by atoms with Crippen LogP contribution in [0, 0.1) is 5.82 Å². The number of benzene rings is 2. The summed E-state index contributed by atoms with van der Waals surface area (Å²) in [6.45, 7) is 3.83. The smallest absolute Gasteiger partial charge is 0.251 e. The summed E-state index contributed by atoms with van der Waals surface area (Å²) in [6, 6.07) is 10.6. The number of amides is 1. The molecule has 10 nitrogen and oxygen atoms in total. The number of piperazine rings is 1. The number of ether oxygens (including phenoxy) is 1. The van der Waals surface area contributed by atoms with Crippen molar-refractivity contribution in [1.82, 2.24) is 18.8 Å². The topological polar surface area (TPSA) is 116 Å². The lowest BCUT2D eigenvalue weighted by Crippen LogP contribution is -2.50. The zero-order chi connectivity index (χ0) is 25.8. The molecular weight excluding hydrogens is 511 g/mol. The van der Waals surface area contributed by atoms with Crippen LogP contribution < -0.4 is 5.32 Å². The van der Waals surface area contributed by atoms with Crippen LogP contribution in [-0.4, -0.2) is 102 Å². The Morgan fingerprint density at radius 2 is 1.28 bits per heavy atom. The summed E-state index contributed by atoms with van der Waals surface area (Å²) < 4.78 is 71.9. The lowest BCUT2D eigenvalue weighted by molar-refractivity contribution is 0.0730. The molecule has 1 amide bonds. The van der Waals surface area contributed by atoms with Gasteiger partial charge in [-0.15, -0.1) is 0 Å². The summed E-state index contributed by atoms with van der Waals surface area (Å²) >= 11 is 0. The zero-order valence-electron chi connectivity index (χ0n) is 19.7. The van der Waals surface area contributed by atoms with Gasteiger partial charge in [-0.25, -0.2) is 21.2 Å². The third-order valence-electron chi connectivity index (χ3n) is 6.22. The van der Waals surface area contributed by atoms with Gasteiger partial charge >= 0.3 is 0 Å². The Morgan fingerprint density at radius 3 is 1.83 bits per heavy atom. The number of nitrogens with zero attached hydrogens (tertiary/aromatic N) is 3. The van der Waals surface area contributed by atoms with Crippen LogP contribution in [0.15, 0.2) is 58.3 Å². The number of halogens is 1. The SMILES string of the molecule is O=C(NCCN1CCN(S(=O)(=O)c2ccc(F)cc2)CC1)c1ccc(S(=O)(=O)N2CCOCC2)cc1. The van der Waals surface area contributed by atoms with Gasteiger partial charge in [-0.2, -0.15) is 8.61 Å². The van der Waals surface area contributed by atoms with E-state index in [1.165, 1.54) is 45.0 Å². The fourth-order valence-corrected chi connectivity index (χ4v) is 6.92. The highest BCUT2D eigenvalue weighted by Crippen LogP contribution is 2.19. The molecule has 0 saturated carbocycles. The lowest BCUT2D eigenvalue weighted by atomic mass is 10.2. The maximum atomic E-state index is 13.1. The van der Waals surface area contributed by atoms with Crippen molar-refractivity contribution < 1.29 is 30.8 Å². The molecule has 2 saturated heterocycles. The maximum Gasteiger partial charge on any atom is 0.251 e. The Morgan fingerprint density at radius 1 is 0.778 bits per heavy atom. The average Bonchev–Trinajstić information content (AvgIpc) is 2.90. The standard InChI is InChI=1S/C23H29FN4O6S2/c24-20-3-7-22(8-4-20)35(30,31)27-13-11-26(12-14-27)10-9-25-23(29)19-1-5-21(6-2-19)36(32,33)28-15-17-34-18-16-28/h1-8H,9-18H2,(H,25,29). The number of carbonyl (C=O) groups excluding carboxylic acids is 1. The van der Waals surface area contributed by atoms with Crippen LogP contribution in [0.4, 0.5) is 4.39 Å². The van der Waals surface area contributed by atoms with Crippen LogP contribution in [-0.2, 0) is 24.8 Å². The molecule has 0 bridgehead atoms. The van der Waals surface area contributed by atoms with Crippen molar-refractivity contribution in [3.63, 3.8) is 0 Å². The Hall–Kier alpha value is -2.42. The molecule has 0 radical (unpaired) electrons. The van der Waals surface area contributed by atoms with Gasteiger partial charge in [0.25, 0.3) is 5.91 Å². The molecule has 2 aliphatic rings. The second-order valence-electron chi connectivity index (χ2n) is 8.50. The number of hydrogen-bond donors (Lipinski definition) is 1. The van der Waals surface area contributed by atoms with Crippen molar-refractivity contribution >= 4 is 26.0 Å². The molecule has 36 heavy (non-hydrogen) atoms. The first-order chi connectivity index (χ1) is 17.2. The average molecular weight is 541 g/mol. The third-order valence-corrected chi connectivity index (χ3v) is 10.0. The monoisotopic (exact) mass is 540 g/mol. The molecule has 0 unspecified atom stereocenters. The second kappa shape index (κ2) is 11.3. The van der Waals surface area contributed by atoms with E-state index in [1.807, 2.05) is 0 Å². The van der Waals surface area contributed by atoms with Crippen molar-refractivity contribution in [2.75, 3.05) is 65.6 Å². The molecule has 2 aromatic rings. The van der Waals surface area contributed by atoms with E-state index in [-0.39, 0.29) is 15.7 Å². The molecule has 196 valence electrons. The van der Waals surface area contributed by atoms with Crippen molar-refractivity contribution in [2.24, 2.45) is 0 Å². The summed E-state index contributed by atoms with van der Waals surface area (Å²) in [5.74, 6) is -0.808. The normalized spacial score (nSPS) is 18.7. The van der Waals surface area contributed by atoms with E-state index < -0.39 is 25.9 Å². The minimum absolute atomic E-state index is 0.0633. The van der Waals surface area contributed by atoms with E-state index in [0.29, 0.717) is 71.1 Å². The summed E-state index contributed by atoms with van der Waals surface area (Å²) in [5, 5.41) is 2.82. The first-order valence-corrected chi connectivity index (χ1v) is 14.5. The number of morpholine rings is 1. The highest BCUT2D eigenvalue weighted by molar-refractivity contribution is 7.89. The molecule has 4 rings (SSSR count). The number of sulfonamides is 2. The molecular formula is C23H29FN4O6S2. The molecule has 13 heteroatoms. The van der Waals surface area contributed by atoms with Crippen molar-refractivity contribution in [3.8, 4) is 0 Å². The zero-order valence-corrected chi connectivity index (χ0v) is 21.3. The van der Waals surface area contributed by atoms with Crippen LogP contribution in [0.2, 0.25) is 0 Å². The van der Waals surface area contributed by atoms with Crippen molar-refractivity contribution in [1.29, 1.82) is 0 Å². The minimum Gasteiger partial charge on any atom is -0.379 e.